The summed E-state index contributed by atoms with van der Waals surface area (Å²) in [5.41, 5.74) is 0.587. The molecule has 2 atom stereocenters. The molecule has 0 aromatic heterocycles. The SMILES string of the molecule is C=C(C)C(=O)OCCCNC(=O)OC(COc1ccccc1)COc1cccc(OCC(COc2ccccc2)OC(=O)NCCCOC(=O)C(=C)C)c1. The topological polar surface area (TPSA) is 166 Å². The summed E-state index contributed by atoms with van der Waals surface area (Å²) < 4.78 is 44.8. The summed E-state index contributed by atoms with van der Waals surface area (Å²) in [5.74, 6) is 1.03. The molecule has 3 aromatic carbocycles. The molecule has 0 fully saturated rings. The maximum atomic E-state index is 12.6. The molecule has 54 heavy (non-hydrogen) atoms. The van der Waals surface area contributed by atoms with E-state index in [1.54, 1.807) is 62.4 Å². The van der Waals surface area contributed by atoms with Crippen LogP contribution in [0.5, 0.6) is 23.0 Å². The van der Waals surface area contributed by atoms with Crippen molar-refractivity contribution in [3.8, 4) is 23.0 Å². The molecule has 0 bridgehead atoms. The highest BCUT2D eigenvalue weighted by Crippen LogP contribution is 2.21. The Morgan fingerprint density at radius 1 is 0.537 bits per heavy atom. The van der Waals surface area contributed by atoms with Gasteiger partial charge < -0.3 is 48.5 Å². The van der Waals surface area contributed by atoms with E-state index >= 15 is 0 Å². The molecule has 0 radical (unpaired) electrons. The van der Waals surface area contributed by atoms with Crippen LogP contribution in [-0.4, -0.2) is 89.1 Å². The Kier molecular flexibility index (Phi) is 18.9. The van der Waals surface area contributed by atoms with Gasteiger partial charge in [-0.1, -0.05) is 55.6 Å². The molecule has 0 aliphatic rings. The second kappa shape index (κ2) is 24.1. The number of para-hydroxylation sites is 2. The molecule has 0 aliphatic heterocycles. The minimum absolute atomic E-state index is 0.00594. The summed E-state index contributed by atoms with van der Waals surface area (Å²) in [4.78, 5) is 48.2. The molecule has 2 amide bonds. The highest BCUT2D eigenvalue weighted by molar-refractivity contribution is 5.87. The van der Waals surface area contributed by atoms with Gasteiger partial charge in [-0.3, -0.25) is 0 Å². The molecule has 2 unspecified atom stereocenters. The number of carbonyl (C=O) groups excluding carboxylic acids is 4. The number of hydrogen-bond donors (Lipinski definition) is 2. The number of hydrogen-bond acceptors (Lipinski definition) is 12. The summed E-state index contributed by atoms with van der Waals surface area (Å²) >= 11 is 0. The Labute approximate surface area is 315 Å². The normalized spacial score (nSPS) is 11.4. The zero-order chi connectivity index (χ0) is 39.0. The summed E-state index contributed by atoms with van der Waals surface area (Å²) in [7, 11) is 0. The lowest BCUT2D eigenvalue weighted by molar-refractivity contribution is -0.139. The molecular weight excluding hydrogens is 700 g/mol. The Morgan fingerprint density at radius 3 is 1.26 bits per heavy atom. The van der Waals surface area contributed by atoms with Gasteiger partial charge in [-0.15, -0.1) is 0 Å². The number of ether oxygens (including phenoxy) is 8. The number of benzene rings is 3. The van der Waals surface area contributed by atoms with E-state index < -0.39 is 36.3 Å². The summed E-state index contributed by atoms with van der Waals surface area (Å²) in [6.07, 6.45) is -2.23. The van der Waals surface area contributed by atoms with Crippen molar-refractivity contribution in [2.75, 3.05) is 52.7 Å². The predicted octanol–water partition coefficient (Wildman–Crippen LogP) is 5.81. The second-order valence-corrected chi connectivity index (χ2v) is 11.8. The van der Waals surface area contributed by atoms with Crippen LogP contribution in [0, 0.1) is 0 Å². The van der Waals surface area contributed by atoms with Crippen molar-refractivity contribution in [3.63, 3.8) is 0 Å². The summed E-state index contributed by atoms with van der Waals surface area (Å²) in [5, 5.41) is 5.26. The van der Waals surface area contributed by atoms with E-state index in [4.69, 9.17) is 37.9 Å². The van der Waals surface area contributed by atoms with Crippen molar-refractivity contribution in [3.05, 3.63) is 109 Å². The molecule has 0 heterocycles. The molecule has 290 valence electrons. The molecule has 14 nitrogen and oxygen atoms in total. The van der Waals surface area contributed by atoms with Crippen LogP contribution in [0.15, 0.2) is 109 Å². The molecule has 0 spiro atoms. The van der Waals surface area contributed by atoms with Gasteiger partial charge in [0.2, 0.25) is 0 Å². The molecule has 0 saturated carbocycles. The maximum Gasteiger partial charge on any atom is 0.407 e. The third-order valence-corrected chi connectivity index (χ3v) is 6.93. The van der Waals surface area contributed by atoms with E-state index in [9.17, 15) is 19.2 Å². The lowest BCUT2D eigenvalue weighted by Crippen LogP contribution is -2.36. The molecule has 0 saturated heterocycles. The van der Waals surface area contributed by atoms with E-state index in [1.165, 1.54) is 0 Å². The van der Waals surface area contributed by atoms with Crippen LogP contribution in [0.3, 0.4) is 0 Å². The minimum Gasteiger partial charge on any atom is -0.490 e. The summed E-state index contributed by atoms with van der Waals surface area (Å²) in [6.45, 7) is 10.7. The molecular formula is C40H48N2O12. The van der Waals surface area contributed by atoms with Crippen molar-refractivity contribution < 1.29 is 57.1 Å². The van der Waals surface area contributed by atoms with Gasteiger partial charge in [0.1, 0.15) is 49.4 Å². The van der Waals surface area contributed by atoms with Crippen molar-refractivity contribution in [2.45, 2.75) is 38.9 Å². The Morgan fingerprint density at radius 2 is 0.889 bits per heavy atom. The molecule has 14 heteroatoms. The van der Waals surface area contributed by atoms with E-state index in [-0.39, 0.29) is 52.7 Å². The van der Waals surface area contributed by atoms with Gasteiger partial charge in [-0.2, -0.15) is 0 Å². The first-order chi connectivity index (χ1) is 26.1. The predicted molar refractivity (Wildman–Crippen MR) is 199 cm³/mol. The van der Waals surface area contributed by atoms with Crippen molar-refractivity contribution in [1.29, 1.82) is 0 Å². The summed E-state index contributed by atoms with van der Waals surface area (Å²) in [6, 6.07) is 24.9. The number of esters is 2. The Hall–Kier alpha value is -6.18. The van der Waals surface area contributed by atoms with E-state index in [0.29, 0.717) is 47.0 Å². The van der Waals surface area contributed by atoms with Gasteiger partial charge in [0.25, 0.3) is 0 Å². The van der Waals surface area contributed by atoms with Crippen LogP contribution in [0.25, 0.3) is 0 Å². The monoisotopic (exact) mass is 748 g/mol. The number of rotatable bonds is 24. The first kappa shape index (κ1) is 42.2. The molecule has 0 aliphatic carbocycles. The van der Waals surface area contributed by atoms with Gasteiger partial charge in [-0.25, -0.2) is 19.2 Å². The number of alkyl carbamates (subject to hydrolysis) is 2. The highest BCUT2D eigenvalue weighted by atomic mass is 16.6. The number of nitrogens with one attached hydrogen (secondary N) is 2. The Balaban J connectivity index is 1.54. The second-order valence-electron chi connectivity index (χ2n) is 11.8. The van der Waals surface area contributed by atoms with E-state index in [1.807, 2.05) is 36.4 Å². The van der Waals surface area contributed by atoms with Crippen LogP contribution in [0.1, 0.15) is 26.7 Å². The van der Waals surface area contributed by atoms with Gasteiger partial charge in [0, 0.05) is 30.3 Å². The fourth-order valence-electron chi connectivity index (χ4n) is 4.16. The first-order valence-electron chi connectivity index (χ1n) is 17.3. The average Bonchev–Trinajstić information content (AvgIpc) is 3.17. The number of amides is 2. The van der Waals surface area contributed by atoms with Gasteiger partial charge >= 0.3 is 24.1 Å². The van der Waals surface area contributed by atoms with Gasteiger partial charge in [0.15, 0.2) is 12.2 Å². The molecule has 3 rings (SSSR count). The third-order valence-electron chi connectivity index (χ3n) is 6.93. The lowest BCUT2D eigenvalue weighted by atomic mass is 10.3. The fourth-order valence-corrected chi connectivity index (χ4v) is 4.16. The zero-order valence-corrected chi connectivity index (χ0v) is 30.6. The van der Waals surface area contributed by atoms with Crippen LogP contribution in [0.4, 0.5) is 9.59 Å². The van der Waals surface area contributed by atoms with Crippen molar-refractivity contribution in [1.82, 2.24) is 10.6 Å². The first-order valence-corrected chi connectivity index (χ1v) is 17.3. The molecule has 3 aromatic rings. The average molecular weight is 749 g/mol. The van der Waals surface area contributed by atoms with Crippen LogP contribution in [0.2, 0.25) is 0 Å². The number of carbonyl (C=O) groups is 4. The van der Waals surface area contributed by atoms with Crippen LogP contribution in [-0.2, 0) is 28.5 Å². The van der Waals surface area contributed by atoms with Gasteiger partial charge in [0.05, 0.1) is 13.2 Å². The van der Waals surface area contributed by atoms with Crippen LogP contribution < -0.4 is 29.6 Å². The van der Waals surface area contributed by atoms with Crippen molar-refractivity contribution >= 4 is 24.1 Å². The lowest BCUT2D eigenvalue weighted by Gasteiger charge is -2.21. The minimum atomic E-state index is -0.805. The van der Waals surface area contributed by atoms with Crippen LogP contribution >= 0.6 is 0 Å². The Bertz CT molecular complexity index is 1520. The van der Waals surface area contributed by atoms with Gasteiger partial charge in [-0.05, 0) is 63.1 Å². The standard InChI is InChI=1S/C40H48N2O12/c1-29(2)37(43)47-22-12-20-41-39(45)53-35(25-49-31-14-7-5-8-15-31)27-51-33-18-11-19-34(24-33)52-28-36(26-50-32-16-9-6-10-17-32)54-40(46)42-21-13-23-48-38(44)30(3)4/h5-11,14-19,24,35-36H,1,3,12-13,20-23,25-28H2,2,4H3,(H,41,45)(H,42,46). The van der Waals surface area contributed by atoms with Crippen molar-refractivity contribution in [2.24, 2.45) is 0 Å². The third kappa shape index (κ3) is 17.8. The highest BCUT2D eigenvalue weighted by Gasteiger charge is 2.19. The van der Waals surface area contributed by atoms with E-state index in [0.717, 1.165) is 0 Å². The van der Waals surface area contributed by atoms with E-state index in [2.05, 4.69) is 23.8 Å². The smallest absolute Gasteiger partial charge is 0.407 e. The quantitative estimate of drug-likeness (QED) is 0.0490. The molecule has 2 N–H and O–H groups in total. The maximum absolute atomic E-state index is 12.6. The largest absolute Gasteiger partial charge is 0.490 e. The fraction of sp³-hybridized carbons (Fsp3) is 0.350. The zero-order valence-electron chi connectivity index (χ0n) is 30.6.